The minimum atomic E-state index is -0.251. The lowest BCUT2D eigenvalue weighted by molar-refractivity contribution is 0.251. The molecule has 2 amide bonds. The SMILES string of the molecule is COc1cccc(NC(=O)NCC2c3ccccc3-c3cncn32)c1. The summed E-state index contributed by atoms with van der Waals surface area (Å²) >= 11 is 0. The van der Waals surface area contributed by atoms with E-state index in [4.69, 9.17) is 4.74 Å². The zero-order valence-electron chi connectivity index (χ0n) is 13.8. The minimum absolute atomic E-state index is 0.0461. The van der Waals surface area contributed by atoms with Crippen LogP contribution >= 0.6 is 0 Å². The molecular weight excluding hydrogens is 316 g/mol. The smallest absolute Gasteiger partial charge is 0.319 e. The van der Waals surface area contributed by atoms with Gasteiger partial charge in [0.15, 0.2) is 0 Å². The molecule has 6 nitrogen and oxygen atoms in total. The lowest BCUT2D eigenvalue weighted by Gasteiger charge is -2.16. The molecule has 25 heavy (non-hydrogen) atoms. The molecule has 1 atom stereocenters. The molecule has 3 aromatic rings. The second-order valence-corrected chi connectivity index (χ2v) is 5.86. The van der Waals surface area contributed by atoms with Gasteiger partial charge in [0.2, 0.25) is 0 Å². The Morgan fingerprint density at radius 3 is 3.00 bits per heavy atom. The predicted octanol–water partition coefficient (Wildman–Crippen LogP) is 3.28. The van der Waals surface area contributed by atoms with E-state index in [1.54, 1.807) is 13.2 Å². The maximum Gasteiger partial charge on any atom is 0.319 e. The van der Waals surface area contributed by atoms with Gasteiger partial charge in [-0.15, -0.1) is 0 Å². The Balaban J connectivity index is 1.46. The van der Waals surface area contributed by atoms with Gasteiger partial charge in [-0.3, -0.25) is 0 Å². The first-order chi connectivity index (χ1) is 12.3. The summed E-state index contributed by atoms with van der Waals surface area (Å²) < 4.78 is 7.26. The van der Waals surface area contributed by atoms with E-state index in [0.717, 1.165) is 5.69 Å². The second-order valence-electron chi connectivity index (χ2n) is 5.86. The van der Waals surface area contributed by atoms with Crippen molar-refractivity contribution in [3.8, 4) is 17.0 Å². The summed E-state index contributed by atoms with van der Waals surface area (Å²) in [5, 5.41) is 5.77. The quantitative estimate of drug-likeness (QED) is 0.769. The van der Waals surface area contributed by atoms with Crippen molar-refractivity contribution in [3.63, 3.8) is 0 Å². The van der Waals surface area contributed by atoms with Crippen LogP contribution in [0, 0.1) is 0 Å². The first kappa shape index (κ1) is 15.3. The Morgan fingerprint density at radius 2 is 2.12 bits per heavy atom. The maximum atomic E-state index is 12.2. The van der Waals surface area contributed by atoms with E-state index < -0.39 is 0 Å². The van der Waals surface area contributed by atoms with Crippen LogP contribution in [0.15, 0.2) is 61.1 Å². The van der Waals surface area contributed by atoms with Crippen molar-refractivity contribution in [3.05, 3.63) is 66.6 Å². The Bertz CT molecular complexity index is 919. The number of hydrogen-bond acceptors (Lipinski definition) is 3. The normalized spacial score (nSPS) is 14.5. The molecule has 4 rings (SSSR count). The fourth-order valence-electron chi connectivity index (χ4n) is 3.21. The number of nitrogens with zero attached hydrogens (tertiary/aromatic N) is 2. The third kappa shape index (κ3) is 2.82. The number of rotatable bonds is 4. The van der Waals surface area contributed by atoms with E-state index >= 15 is 0 Å². The number of urea groups is 1. The van der Waals surface area contributed by atoms with Crippen LogP contribution < -0.4 is 15.4 Å². The van der Waals surface area contributed by atoms with Crippen molar-refractivity contribution in [2.45, 2.75) is 6.04 Å². The van der Waals surface area contributed by atoms with Crippen LogP contribution in [0.2, 0.25) is 0 Å². The van der Waals surface area contributed by atoms with Crippen LogP contribution in [0.1, 0.15) is 11.6 Å². The number of amides is 2. The zero-order valence-corrected chi connectivity index (χ0v) is 13.8. The van der Waals surface area contributed by atoms with Crippen molar-refractivity contribution in [2.24, 2.45) is 0 Å². The third-order valence-corrected chi connectivity index (χ3v) is 4.38. The number of imidazole rings is 1. The largest absolute Gasteiger partial charge is 0.497 e. The van der Waals surface area contributed by atoms with Gasteiger partial charge in [-0.1, -0.05) is 30.3 Å². The first-order valence-corrected chi connectivity index (χ1v) is 8.06. The summed E-state index contributed by atoms with van der Waals surface area (Å²) in [4.78, 5) is 16.5. The lowest BCUT2D eigenvalue weighted by Crippen LogP contribution is -2.33. The highest BCUT2D eigenvalue weighted by atomic mass is 16.5. The molecule has 2 heterocycles. The van der Waals surface area contributed by atoms with Crippen molar-refractivity contribution >= 4 is 11.7 Å². The highest BCUT2D eigenvalue weighted by Gasteiger charge is 2.28. The fourth-order valence-corrected chi connectivity index (χ4v) is 3.21. The molecule has 0 saturated carbocycles. The van der Waals surface area contributed by atoms with Crippen molar-refractivity contribution in [1.82, 2.24) is 14.9 Å². The van der Waals surface area contributed by atoms with Gasteiger partial charge in [-0.05, 0) is 17.7 Å². The molecule has 2 aromatic carbocycles. The summed E-state index contributed by atoms with van der Waals surface area (Å²) in [5.74, 6) is 0.700. The number of fused-ring (bicyclic) bond motifs is 3. The third-order valence-electron chi connectivity index (χ3n) is 4.38. The number of aromatic nitrogens is 2. The van der Waals surface area contributed by atoms with Gasteiger partial charge in [0.1, 0.15) is 5.75 Å². The molecule has 6 heteroatoms. The van der Waals surface area contributed by atoms with E-state index in [9.17, 15) is 4.79 Å². The molecule has 0 radical (unpaired) electrons. The highest BCUT2D eigenvalue weighted by molar-refractivity contribution is 5.89. The summed E-state index contributed by atoms with van der Waals surface area (Å²) in [6, 6.07) is 15.3. The molecule has 1 aliphatic rings. The number of carbonyl (C=O) groups excluding carboxylic acids is 1. The molecule has 1 aliphatic heterocycles. The Hall–Kier alpha value is -3.28. The summed E-state index contributed by atoms with van der Waals surface area (Å²) in [5.41, 5.74) is 4.13. The summed E-state index contributed by atoms with van der Waals surface area (Å²) in [6.07, 6.45) is 3.66. The van der Waals surface area contributed by atoms with Gasteiger partial charge in [-0.2, -0.15) is 0 Å². The van der Waals surface area contributed by atoms with Crippen molar-refractivity contribution in [2.75, 3.05) is 19.0 Å². The van der Waals surface area contributed by atoms with Gasteiger partial charge in [0.25, 0.3) is 0 Å². The Morgan fingerprint density at radius 1 is 1.24 bits per heavy atom. The molecule has 0 spiro atoms. The number of anilines is 1. The number of methoxy groups -OCH3 is 1. The Kier molecular flexibility index (Phi) is 3.85. The molecule has 0 fully saturated rings. The van der Waals surface area contributed by atoms with Crippen molar-refractivity contribution in [1.29, 1.82) is 0 Å². The second kappa shape index (κ2) is 6.32. The number of hydrogen-bond donors (Lipinski definition) is 2. The predicted molar refractivity (Wildman–Crippen MR) is 95.8 cm³/mol. The van der Waals surface area contributed by atoms with Crippen LogP contribution in [-0.2, 0) is 0 Å². The average Bonchev–Trinajstić information content (AvgIpc) is 3.21. The van der Waals surface area contributed by atoms with Crippen LogP contribution in [-0.4, -0.2) is 29.2 Å². The molecule has 0 aliphatic carbocycles. The van der Waals surface area contributed by atoms with Gasteiger partial charge in [-0.25, -0.2) is 9.78 Å². The molecule has 126 valence electrons. The van der Waals surface area contributed by atoms with Gasteiger partial charge < -0.3 is 19.9 Å². The molecule has 2 N–H and O–H groups in total. The molecule has 0 saturated heterocycles. The lowest BCUT2D eigenvalue weighted by atomic mass is 10.0. The van der Waals surface area contributed by atoms with Crippen LogP contribution in [0.3, 0.4) is 0 Å². The standard InChI is InChI=1S/C19H18N4O2/c1-25-14-6-4-5-13(9-14)22-19(24)21-11-18-16-8-3-2-7-15(16)17-10-20-12-23(17)18/h2-10,12,18H,11H2,1H3,(H2,21,22,24). The van der Waals surface area contributed by atoms with Crippen molar-refractivity contribution < 1.29 is 9.53 Å². The molecule has 1 aromatic heterocycles. The fraction of sp³-hybridized carbons (Fsp3) is 0.158. The van der Waals surface area contributed by atoms with E-state index in [-0.39, 0.29) is 12.1 Å². The van der Waals surface area contributed by atoms with Crippen LogP contribution in [0.5, 0.6) is 5.75 Å². The topological polar surface area (TPSA) is 68.2 Å². The van der Waals surface area contributed by atoms with E-state index in [0.29, 0.717) is 18.0 Å². The van der Waals surface area contributed by atoms with Gasteiger partial charge in [0, 0.05) is 23.9 Å². The molecule has 1 unspecified atom stereocenters. The van der Waals surface area contributed by atoms with Crippen LogP contribution in [0.25, 0.3) is 11.3 Å². The summed E-state index contributed by atoms with van der Waals surface area (Å²) in [6.45, 7) is 0.482. The number of nitrogens with one attached hydrogen (secondary N) is 2. The van der Waals surface area contributed by atoms with Crippen LogP contribution in [0.4, 0.5) is 10.5 Å². The number of carbonyl (C=O) groups is 1. The number of ether oxygens (including phenoxy) is 1. The Labute approximate surface area is 145 Å². The van der Waals surface area contributed by atoms with E-state index in [1.807, 2.05) is 42.9 Å². The first-order valence-electron chi connectivity index (χ1n) is 8.06. The summed E-state index contributed by atoms with van der Waals surface area (Å²) in [7, 11) is 1.60. The zero-order chi connectivity index (χ0) is 17.2. The number of benzene rings is 2. The average molecular weight is 334 g/mol. The highest BCUT2D eigenvalue weighted by Crippen LogP contribution is 2.38. The van der Waals surface area contributed by atoms with Gasteiger partial charge >= 0.3 is 6.03 Å². The van der Waals surface area contributed by atoms with E-state index in [2.05, 4.69) is 32.3 Å². The minimum Gasteiger partial charge on any atom is -0.497 e. The van der Waals surface area contributed by atoms with Gasteiger partial charge in [0.05, 0.1) is 31.4 Å². The van der Waals surface area contributed by atoms with E-state index in [1.165, 1.54) is 11.1 Å². The monoisotopic (exact) mass is 334 g/mol. The maximum absolute atomic E-state index is 12.2. The molecular formula is C19H18N4O2. The molecule has 0 bridgehead atoms.